The van der Waals surface area contributed by atoms with Crippen LogP contribution < -0.4 is 23.8 Å². The second-order valence-corrected chi connectivity index (χ2v) is 9.68. The lowest BCUT2D eigenvalue weighted by molar-refractivity contribution is -0.116. The molecule has 194 valence electrons. The van der Waals surface area contributed by atoms with Crippen molar-refractivity contribution >= 4 is 38.4 Å². The molecule has 0 spiro atoms. The summed E-state index contributed by atoms with van der Waals surface area (Å²) < 4.78 is 68.1. The van der Waals surface area contributed by atoms with Crippen molar-refractivity contribution in [2.75, 3.05) is 37.0 Å². The normalized spacial score (nSPS) is 13.2. The number of amides is 1. The van der Waals surface area contributed by atoms with Gasteiger partial charge in [-0.25, -0.2) is 12.8 Å². The number of methoxy groups -OCH3 is 2. The molecule has 0 atom stereocenters. The van der Waals surface area contributed by atoms with E-state index in [4.69, 9.17) is 18.7 Å². The number of nitrogens with zero attached hydrogens (tertiary/aromatic N) is 4. The zero-order chi connectivity index (χ0) is 26.3. The molecule has 0 fully saturated rings. The van der Waals surface area contributed by atoms with Crippen LogP contribution in [-0.4, -0.2) is 56.6 Å². The Morgan fingerprint density at radius 1 is 1.27 bits per heavy atom. The average Bonchev–Trinajstić information content (AvgIpc) is 3.53. The van der Waals surface area contributed by atoms with Gasteiger partial charge in [-0.05, 0) is 24.3 Å². The minimum atomic E-state index is -4.45. The van der Waals surface area contributed by atoms with Crippen LogP contribution in [0.5, 0.6) is 17.2 Å². The summed E-state index contributed by atoms with van der Waals surface area (Å²) in [7, 11) is -1.90. The number of ether oxygens (including phenoxy) is 3. The molecule has 12 nitrogen and oxygen atoms in total. The van der Waals surface area contributed by atoms with Crippen LogP contribution in [-0.2, 0) is 21.4 Å². The fraction of sp³-hybridized carbons (Fsp3) is 0.261. The van der Waals surface area contributed by atoms with Gasteiger partial charge < -0.3 is 23.6 Å². The number of rotatable bonds is 7. The Bertz CT molecular complexity index is 1600. The van der Waals surface area contributed by atoms with Crippen LogP contribution in [0.1, 0.15) is 12.5 Å². The number of hydrogen-bond acceptors (Lipinski definition) is 9. The predicted molar refractivity (Wildman–Crippen MR) is 129 cm³/mol. The summed E-state index contributed by atoms with van der Waals surface area (Å²) in [5.74, 6) is -1.62. The van der Waals surface area contributed by atoms with Crippen LogP contribution in [0.25, 0.3) is 11.0 Å². The molecule has 0 saturated carbocycles. The van der Waals surface area contributed by atoms with Crippen molar-refractivity contribution in [3.63, 3.8) is 0 Å². The van der Waals surface area contributed by atoms with Crippen LogP contribution in [0.2, 0.25) is 0 Å². The third-order valence-corrected chi connectivity index (χ3v) is 7.22. The predicted octanol–water partition coefficient (Wildman–Crippen LogP) is 2.78. The lowest BCUT2D eigenvalue weighted by Crippen LogP contribution is -2.37. The number of sulfonamides is 1. The van der Waals surface area contributed by atoms with E-state index in [0.717, 1.165) is 0 Å². The van der Waals surface area contributed by atoms with Gasteiger partial charge in [-0.1, -0.05) is 5.16 Å². The van der Waals surface area contributed by atoms with E-state index in [2.05, 4.69) is 15.0 Å². The molecule has 5 rings (SSSR count). The first-order valence-corrected chi connectivity index (χ1v) is 12.5. The zero-order valence-corrected chi connectivity index (χ0v) is 20.8. The van der Waals surface area contributed by atoms with Gasteiger partial charge in [0, 0.05) is 24.9 Å². The highest BCUT2D eigenvalue weighted by molar-refractivity contribution is 7.93. The highest BCUT2D eigenvalue weighted by Gasteiger charge is 2.34. The quantitative estimate of drug-likeness (QED) is 0.381. The fourth-order valence-corrected chi connectivity index (χ4v) is 5.53. The van der Waals surface area contributed by atoms with Crippen LogP contribution in [0.4, 0.5) is 15.9 Å². The van der Waals surface area contributed by atoms with Gasteiger partial charge in [0.2, 0.25) is 5.91 Å². The minimum Gasteiger partial charge on any atom is -0.495 e. The number of hydrogen-bond donors (Lipinski definition) is 1. The number of carbonyl (C=O) groups is 1. The third-order valence-electron chi connectivity index (χ3n) is 5.83. The Balaban J connectivity index is 1.60. The molecule has 4 aromatic rings. The Labute approximate surface area is 210 Å². The molecule has 0 radical (unpaired) electrons. The molecular formula is C23H22FN5O7S. The number of carbonyl (C=O) groups excluding carboxylic acids is 1. The van der Waals surface area contributed by atoms with E-state index in [-0.39, 0.29) is 75.8 Å². The first-order valence-electron chi connectivity index (χ1n) is 11.0. The van der Waals surface area contributed by atoms with Gasteiger partial charge in [0.15, 0.2) is 33.6 Å². The van der Waals surface area contributed by atoms with E-state index in [0.29, 0.717) is 0 Å². The van der Waals surface area contributed by atoms with Crippen LogP contribution in [0.3, 0.4) is 0 Å². The molecule has 1 aliphatic rings. The second kappa shape index (κ2) is 9.28. The summed E-state index contributed by atoms with van der Waals surface area (Å²) in [6, 6.07) is 6.06. The van der Waals surface area contributed by atoms with Crippen molar-refractivity contribution in [3.05, 3.63) is 48.0 Å². The summed E-state index contributed by atoms with van der Waals surface area (Å²) in [5.41, 5.74) is 0.575. The first-order chi connectivity index (χ1) is 17.7. The van der Waals surface area contributed by atoms with E-state index in [1.54, 1.807) is 24.5 Å². The molecule has 1 N–H and O–H groups in total. The second-order valence-electron chi connectivity index (χ2n) is 8.06. The molecule has 0 aliphatic carbocycles. The molecule has 1 amide bonds. The topological polar surface area (TPSA) is 138 Å². The lowest BCUT2D eigenvalue weighted by Gasteiger charge is -2.30. The molecular weight excluding hydrogens is 509 g/mol. The van der Waals surface area contributed by atoms with Gasteiger partial charge in [0.25, 0.3) is 10.0 Å². The fourth-order valence-electron chi connectivity index (χ4n) is 4.21. The Morgan fingerprint density at radius 2 is 2.08 bits per heavy atom. The van der Waals surface area contributed by atoms with Crippen LogP contribution in [0.15, 0.2) is 46.1 Å². The lowest BCUT2D eigenvalue weighted by atomic mass is 10.1. The van der Waals surface area contributed by atoms with E-state index < -0.39 is 15.8 Å². The van der Waals surface area contributed by atoms with E-state index in [1.807, 2.05) is 0 Å². The van der Waals surface area contributed by atoms with Crippen molar-refractivity contribution in [3.8, 4) is 17.2 Å². The largest absolute Gasteiger partial charge is 0.495 e. The van der Waals surface area contributed by atoms with Gasteiger partial charge >= 0.3 is 0 Å². The van der Waals surface area contributed by atoms with Gasteiger partial charge in [0.05, 0.1) is 33.0 Å². The molecule has 3 heterocycles. The maximum atomic E-state index is 15.4. The highest BCUT2D eigenvalue weighted by atomic mass is 32.2. The Hall–Kier alpha value is -4.33. The van der Waals surface area contributed by atoms with Crippen molar-refractivity contribution in [2.45, 2.75) is 18.4 Å². The summed E-state index contributed by atoms with van der Waals surface area (Å²) in [6.07, 6.45) is 3.23. The van der Waals surface area contributed by atoms with Crippen molar-refractivity contribution in [2.24, 2.45) is 0 Å². The number of nitrogens with one attached hydrogen (secondary N) is 1. The monoisotopic (exact) mass is 531 g/mol. The molecule has 37 heavy (non-hydrogen) atoms. The van der Waals surface area contributed by atoms with Gasteiger partial charge in [0.1, 0.15) is 17.7 Å². The number of benzene rings is 2. The third kappa shape index (κ3) is 4.18. The van der Waals surface area contributed by atoms with Crippen LogP contribution in [0, 0.1) is 5.82 Å². The van der Waals surface area contributed by atoms with Crippen molar-refractivity contribution < 1.29 is 36.3 Å². The summed E-state index contributed by atoms with van der Waals surface area (Å²) in [6.45, 7) is 1.79. The molecule has 2 aromatic carbocycles. The molecule has 0 saturated heterocycles. The summed E-state index contributed by atoms with van der Waals surface area (Å²) in [4.78, 5) is 13.2. The van der Waals surface area contributed by atoms with E-state index in [9.17, 15) is 13.2 Å². The summed E-state index contributed by atoms with van der Waals surface area (Å²) >= 11 is 0. The van der Waals surface area contributed by atoms with Crippen molar-refractivity contribution in [1.29, 1.82) is 0 Å². The highest BCUT2D eigenvalue weighted by Crippen LogP contribution is 2.44. The number of aromatic nitrogens is 3. The smallest absolute Gasteiger partial charge is 0.270 e. The van der Waals surface area contributed by atoms with E-state index in [1.165, 1.54) is 42.9 Å². The first kappa shape index (κ1) is 24.4. The molecule has 1 aliphatic heterocycles. The SMILES string of the molecule is COc1ccc2c(c1S(=O)(=O)Nc1noc3cc(Cn4cccn4)c(F)c(OC)c13)OCCN2C(C)=O. The summed E-state index contributed by atoms with van der Waals surface area (Å²) in [5, 5.41) is 7.88. The molecule has 0 bridgehead atoms. The molecule has 2 aromatic heterocycles. The molecule has 0 unspecified atom stereocenters. The minimum absolute atomic E-state index is 0.0113. The Morgan fingerprint density at radius 3 is 2.76 bits per heavy atom. The van der Waals surface area contributed by atoms with Crippen LogP contribution >= 0.6 is 0 Å². The number of fused-ring (bicyclic) bond motifs is 2. The average molecular weight is 532 g/mol. The van der Waals surface area contributed by atoms with E-state index >= 15 is 4.39 Å². The standard InChI is InChI=1S/C23H22FN5O7S/c1-13(30)29-9-10-35-20-15(29)5-6-16(33-2)22(20)37(31,32)27-23-18-17(36-26-23)11-14(19(24)21(18)34-3)12-28-8-4-7-25-28/h4-8,11H,9-10,12H2,1-3H3,(H,26,27). The van der Waals surface area contributed by atoms with Gasteiger partial charge in [-0.3, -0.25) is 14.2 Å². The number of halogens is 1. The zero-order valence-electron chi connectivity index (χ0n) is 20.0. The van der Waals surface area contributed by atoms with Gasteiger partial charge in [-0.15, -0.1) is 0 Å². The number of anilines is 2. The van der Waals surface area contributed by atoms with Crippen molar-refractivity contribution in [1.82, 2.24) is 14.9 Å². The van der Waals surface area contributed by atoms with Gasteiger partial charge in [-0.2, -0.15) is 5.10 Å². The maximum Gasteiger partial charge on any atom is 0.270 e. The molecule has 14 heteroatoms. The maximum absolute atomic E-state index is 15.4. The Kier molecular flexibility index (Phi) is 6.11.